The van der Waals surface area contributed by atoms with Gasteiger partial charge in [-0.15, -0.1) is 0 Å². The number of rotatable bonds is 8. The Morgan fingerprint density at radius 1 is 1.06 bits per heavy atom. The molecule has 0 radical (unpaired) electrons. The van der Waals surface area contributed by atoms with Gasteiger partial charge < -0.3 is 14.7 Å². The number of amides is 1. The highest BCUT2D eigenvalue weighted by atomic mass is 35.5. The molecule has 32 heavy (non-hydrogen) atoms. The first-order valence-corrected chi connectivity index (χ1v) is 12.1. The van der Waals surface area contributed by atoms with Gasteiger partial charge >= 0.3 is 0 Å². The summed E-state index contributed by atoms with van der Waals surface area (Å²) in [7, 11) is 6.33. The van der Waals surface area contributed by atoms with Crippen molar-refractivity contribution in [2.45, 2.75) is 11.3 Å². The fourth-order valence-corrected chi connectivity index (χ4v) is 4.66. The van der Waals surface area contributed by atoms with Crippen LogP contribution in [-0.4, -0.2) is 103 Å². The largest absolute Gasteiger partial charge is 0.340 e. The Labute approximate surface area is 200 Å². The first kappa shape index (κ1) is 24.9. The normalized spacial score (nSPS) is 20.9. The molecular weight excluding hydrogens is 446 g/mol. The number of nitroso groups, excluding NO2 is 1. The van der Waals surface area contributed by atoms with Crippen molar-refractivity contribution in [2.75, 3.05) is 73.5 Å². The maximum atomic E-state index is 12.9. The van der Waals surface area contributed by atoms with Crippen molar-refractivity contribution in [2.24, 2.45) is 0 Å². The molecule has 3 rings (SSSR count). The molecule has 0 aromatic heterocycles. The average molecular weight is 479 g/mol. The van der Waals surface area contributed by atoms with E-state index in [2.05, 4.69) is 35.8 Å². The smallest absolute Gasteiger partial charge is 0.261 e. The molecule has 2 aliphatic rings. The zero-order valence-electron chi connectivity index (χ0n) is 19.2. The second-order valence-electron chi connectivity index (χ2n) is 8.56. The number of benzene rings is 1. The van der Waals surface area contributed by atoms with Crippen molar-refractivity contribution in [3.63, 3.8) is 0 Å². The minimum atomic E-state index is -0.0289. The van der Waals surface area contributed by atoms with Gasteiger partial charge in [0.25, 0.3) is 17.6 Å². The molecule has 1 amide bonds. The Morgan fingerprint density at radius 3 is 2.50 bits per heavy atom. The summed E-state index contributed by atoms with van der Waals surface area (Å²) in [6.07, 6.45) is 3.49. The zero-order chi connectivity index (χ0) is 23.1. The highest BCUT2D eigenvalue weighted by molar-refractivity contribution is 7.93. The third-order valence-electron chi connectivity index (χ3n) is 5.72. The lowest BCUT2D eigenvalue weighted by atomic mass is 10.2. The van der Waals surface area contributed by atoms with Crippen LogP contribution < -0.4 is 0 Å². The summed E-state index contributed by atoms with van der Waals surface area (Å²) >= 11 is 7.42. The van der Waals surface area contributed by atoms with Gasteiger partial charge in [-0.3, -0.25) is 9.69 Å². The van der Waals surface area contributed by atoms with Crippen molar-refractivity contribution in [1.82, 2.24) is 19.6 Å². The van der Waals surface area contributed by atoms with E-state index < -0.39 is 0 Å². The Bertz CT molecular complexity index is 881. The molecule has 7 nitrogen and oxygen atoms in total. The molecule has 0 bridgehead atoms. The molecule has 0 saturated carbocycles. The summed E-state index contributed by atoms with van der Waals surface area (Å²) in [6, 6.07) is 7.60. The van der Waals surface area contributed by atoms with Crippen LogP contribution in [0.25, 0.3) is 6.08 Å². The number of allylic oxidation sites excluding steroid dienone is 2. The van der Waals surface area contributed by atoms with Gasteiger partial charge in [-0.2, -0.15) is 0 Å². The lowest BCUT2D eigenvalue weighted by Crippen LogP contribution is -2.50. The molecule has 0 aliphatic carbocycles. The van der Waals surface area contributed by atoms with E-state index in [0.29, 0.717) is 23.8 Å². The van der Waals surface area contributed by atoms with E-state index in [1.807, 2.05) is 35.2 Å². The van der Waals surface area contributed by atoms with Crippen molar-refractivity contribution < 1.29 is 8.96 Å². The number of hydrogen-bond acceptors (Lipinski definition) is 6. The van der Waals surface area contributed by atoms with E-state index in [0.717, 1.165) is 65.8 Å². The summed E-state index contributed by atoms with van der Waals surface area (Å²) in [5, 5.41) is 0.449. The molecule has 2 aliphatic heterocycles. The molecule has 0 N–H and O–H groups in total. The number of fused-ring (bicyclic) bond motifs is 1. The van der Waals surface area contributed by atoms with Crippen molar-refractivity contribution >= 4 is 35.5 Å². The molecule has 1 saturated heterocycles. The standard InChI is InChI=1S/C23H33ClN5O2S/c1-25(2)8-9-26(3)10-11-27-12-14-28(15-13-27)23(30)18-21-17-20(24)16-19-6-4-5-7-22(19)32-29(21)31/h4-7,16-17H,8-15,18H2,1-3H3/q+1/b20-16+,21-17-. The van der Waals surface area contributed by atoms with E-state index in [4.69, 9.17) is 11.6 Å². The molecule has 1 aromatic rings. The van der Waals surface area contributed by atoms with E-state index in [1.54, 1.807) is 6.08 Å². The molecule has 2 heterocycles. The lowest BCUT2D eigenvalue weighted by molar-refractivity contribution is -0.313. The van der Waals surface area contributed by atoms with Crippen LogP contribution in [0.1, 0.15) is 12.0 Å². The fraction of sp³-hybridized carbons (Fsp3) is 0.522. The van der Waals surface area contributed by atoms with Gasteiger partial charge in [0.05, 0.1) is 4.90 Å². The van der Waals surface area contributed by atoms with Crippen LogP contribution in [0.2, 0.25) is 0 Å². The van der Waals surface area contributed by atoms with Gasteiger partial charge in [-0.05, 0) is 38.8 Å². The van der Waals surface area contributed by atoms with Crippen molar-refractivity contribution in [3.8, 4) is 0 Å². The summed E-state index contributed by atoms with van der Waals surface area (Å²) in [4.78, 5) is 35.2. The Kier molecular flexibility index (Phi) is 9.31. The molecule has 0 unspecified atom stereocenters. The van der Waals surface area contributed by atoms with Crippen LogP contribution in [0, 0.1) is 4.91 Å². The minimum Gasteiger partial charge on any atom is -0.340 e. The molecule has 0 spiro atoms. The van der Waals surface area contributed by atoms with Crippen LogP contribution in [0.5, 0.6) is 0 Å². The number of nitrogens with zero attached hydrogens (tertiary/aromatic N) is 5. The van der Waals surface area contributed by atoms with Crippen LogP contribution in [0.3, 0.4) is 0 Å². The minimum absolute atomic E-state index is 0.0289. The second-order valence-corrected chi connectivity index (χ2v) is 9.95. The van der Waals surface area contributed by atoms with Gasteiger partial charge in [-0.1, -0.05) is 29.8 Å². The second kappa shape index (κ2) is 12.0. The van der Waals surface area contributed by atoms with E-state index in [-0.39, 0.29) is 12.3 Å². The van der Waals surface area contributed by atoms with Gasteiger partial charge in [-0.25, -0.2) is 0 Å². The molecule has 1 fully saturated rings. The quantitative estimate of drug-likeness (QED) is 0.423. The van der Waals surface area contributed by atoms with E-state index in [1.165, 1.54) is 0 Å². The predicted molar refractivity (Wildman–Crippen MR) is 132 cm³/mol. The predicted octanol–water partition coefficient (Wildman–Crippen LogP) is 2.98. The maximum absolute atomic E-state index is 12.9. The Hall–Kier alpha value is -1.71. The average Bonchev–Trinajstić information content (AvgIpc) is 2.76. The lowest BCUT2D eigenvalue weighted by Gasteiger charge is -2.35. The fourth-order valence-electron chi connectivity index (χ4n) is 3.63. The van der Waals surface area contributed by atoms with Gasteiger partial charge in [0.15, 0.2) is 0 Å². The monoisotopic (exact) mass is 478 g/mol. The number of carbonyl (C=O) groups is 1. The summed E-state index contributed by atoms with van der Waals surface area (Å²) < 4.78 is 0.811. The SMILES string of the molecule is CN(C)CCN(C)CCN1CCN(C(=O)C/C2=C/C(Cl)=C\c3ccccc3S[N+]2=O)CC1. The van der Waals surface area contributed by atoms with Crippen molar-refractivity contribution in [3.05, 3.63) is 51.5 Å². The zero-order valence-corrected chi connectivity index (χ0v) is 20.7. The first-order chi connectivity index (χ1) is 15.3. The van der Waals surface area contributed by atoms with Gasteiger partial charge in [0.2, 0.25) is 5.91 Å². The van der Waals surface area contributed by atoms with Crippen LogP contribution >= 0.6 is 23.5 Å². The third kappa shape index (κ3) is 7.42. The molecule has 174 valence electrons. The van der Waals surface area contributed by atoms with Gasteiger partial charge in [0, 0.05) is 68.4 Å². The number of likely N-dealkylation sites (N-methyl/N-ethyl adjacent to an activating group) is 2. The number of halogens is 1. The first-order valence-electron chi connectivity index (χ1n) is 11.0. The Balaban J connectivity index is 1.49. The van der Waals surface area contributed by atoms with Crippen molar-refractivity contribution in [1.29, 1.82) is 0 Å². The van der Waals surface area contributed by atoms with E-state index in [9.17, 15) is 9.70 Å². The van der Waals surface area contributed by atoms with Crippen LogP contribution in [0.4, 0.5) is 0 Å². The molecule has 1 aromatic carbocycles. The number of hydrogen-bond donors (Lipinski definition) is 0. The maximum Gasteiger partial charge on any atom is 0.261 e. The third-order valence-corrected chi connectivity index (χ3v) is 6.90. The number of carbonyl (C=O) groups excluding carboxylic acids is 1. The number of piperazine rings is 1. The Morgan fingerprint density at radius 2 is 1.78 bits per heavy atom. The highest BCUT2D eigenvalue weighted by Crippen LogP contribution is 2.32. The van der Waals surface area contributed by atoms with Crippen LogP contribution in [-0.2, 0) is 4.79 Å². The van der Waals surface area contributed by atoms with Gasteiger partial charge in [0.1, 0.15) is 10.6 Å². The summed E-state index contributed by atoms with van der Waals surface area (Å²) in [5.74, 6) is -0.0289. The summed E-state index contributed by atoms with van der Waals surface area (Å²) in [5.41, 5.74) is 1.27. The van der Waals surface area contributed by atoms with Crippen LogP contribution in [0.15, 0.2) is 46.0 Å². The molecule has 9 heteroatoms. The highest BCUT2D eigenvalue weighted by Gasteiger charge is 2.30. The van der Waals surface area contributed by atoms with E-state index >= 15 is 0 Å². The summed E-state index contributed by atoms with van der Waals surface area (Å²) in [6.45, 7) is 7.20. The topological polar surface area (TPSA) is 50.1 Å². The molecule has 0 atom stereocenters. The molecular formula is C23H33ClN5O2S+.